The third-order valence-corrected chi connectivity index (χ3v) is 4.17. The number of aromatic nitrogens is 3. The van der Waals surface area contributed by atoms with Crippen molar-refractivity contribution in [3.63, 3.8) is 0 Å². The fourth-order valence-electron chi connectivity index (χ4n) is 2.75. The Labute approximate surface area is 167 Å². The monoisotopic (exact) mass is 398 g/mol. The number of hydrogen-bond acceptors (Lipinski definition) is 4. The Morgan fingerprint density at radius 2 is 1.86 bits per heavy atom. The number of urea groups is 1. The molecule has 29 heavy (non-hydrogen) atoms. The molecule has 0 atom stereocenters. The number of amides is 3. The summed E-state index contributed by atoms with van der Waals surface area (Å²) in [5.74, 6) is -0.470. The maximum absolute atomic E-state index is 12.9. The molecule has 0 bridgehead atoms. The van der Waals surface area contributed by atoms with Gasteiger partial charge in [0.05, 0.1) is 12.1 Å². The number of nitrogens with zero attached hydrogens (tertiary/aromatic N) is 3. The van der Waals surface area contributed by atoms with Crippen LogP contribution in [0.5, 0.6) is 0 Å². The van der Waals surface area contributed by atoms with Gasteiger partial charge in [0, 0.05) is 24.7 Å². The molecule has 2 aromatic carbocycles. The summed E-state index contributed by atoms with van der Waals surface area (Å²) in [7, 11) is 0. The van der Waals surface area contributed by atoms with Crippen molar-refractivity contribution in [2.24, 2.45) is 0 Å². The summed E-state index contributed by atoms with van der Waals surface area (Å²) in [4.78, 5) is 24.0. The van der Waals surface area contributed by atoms with Crippen molar-refractivity contribution < 1.29 is 14.0 Å². The van der Waals surface area contributed by atoms with Gasteiger partial charge in [0.25, 0.3) is 5.91 Å². The highest BCUT2D eigenvalue weighted by molar-refractivity contribution is 5.97. The van der Waals surface area contributed by atoms with E-state index in [1.807, 2.05) is 13.8 Å². The Hall–Kier alpha value is -3.49. The fraction of sp³-hybridized carbons (Fsp3) is 0.300. The van der Waals surface area contributed by atoms with Crippen molar-refractivity contribution >= 4 is 23.0 Å². The minimum atomic E-state index is -0.327. The van der Waals surface area contributed by atoms with Crippen LogP contribution in [0.1, 0.15) is 29.8 Å². The van der Waals surface area contributed by atoms with Gasteiger partial charge in [-0.2, -0.15) is 0 Å². The molecule has 1 aromatic heterocycles. The maximum atomic E-state index is 12.9. The van der Waals surface area contributed by atoms with Crippen molar-refractivity contribution in [3.05, 3.63) is 59.4 Å². The number of carbonyl (C=O) groups is 2. The number of nitrogens with one attached hydrogen (secondary N) is 3. The van der Waals surface area contributed by atoms with Crippen LogP contribution in [0.2, 0.25) is 0 Å². The molecule has 152 valence electrons. The first-order valence-corrected chi connectivity index (χ1v) is 9.32. The highest BCUT2D eigenvalue weighted by Crippen LogP contribution is 2.13. The molecule has 8 nitrogen and oxygen atoms in total. The summed E-state index contributed by atoms with van der Waals surface area (Å²) >= 11 is 0. The van der Waals surface area contributed by atoms with E-state index in [0.717, 1.165) is 11.1 Å². The van der Waals surface area contributed by atoms with Crippen molar-refractivity contribution in [2.45, 2.75) is 33.0 Å². The van der Waals surface area contributed by atoms with Crippen LogP contribution in [0.25, 0.3) is 11.0 Å². The van der Waals surface area contributed by atoms with Gasteiger partial charge in [-0.3, -0.25) is 4.79 Å². The van der Waals surface area contributed by atoms with Crippen LogP contribution in [0.15, 0.2) is 42.5 Å². The number of hydrogen-bond donors (Lipinski definition) is 3. The van der Waals surface area contributed by atoms with Gasteiger partial charge in [-0.25, -0.2) is 13.9 Å². The second kappa shape index (κ2) is 9.13. The summed E-state index contributed by atoms with van der Waals surface area (Å²) in [6.45, 7) is 4.88. The van der Waals surface area contributed by atoms with Gasteiger partial charge >= 0.3 is 6.03 Å². The third-order valence-electron chi connectivity index (χ3n) is 4.17. The van der Waals surface area contributed by atoms with Gasteiger partial charge in [0.2, 0.25) is 0 Å². The van der Waals surface area contributed by atoms with E-state index in [0.29, 0.717) is 30.7 Å². The molecule has 0 fully saturated rings. The zero-order chi connectivity index (χ0) is 20.8. The van der Waals surface area contributed by atoms with Crippen molar-refractivity contribution in [1.82, 2.24) is 30.9 Å². The molecule has 0 aliphatic rings. The van der Waals surface area contributed by atoms with Crippen molar-refractivity contribution in [3.8, 4) is 0 Å². The molecular formula is C20H23FN6O2. The smallest absolute Gasteiger partial charge is 0.315 e. The van der Waals surface area contributed by atoms with Crippen LogP contribution in [0.4, 0.5) is 9.18 Å². The van der Waals surface area contributed by atoms with Gasteiger partial charge in [0.15, 0.2) is 0 Å². The second-order valence-electron chi connectivity index (χ2n) is 6.88. The lowest BCUT2D eigenvalue weighted by Gasteiger charge is -2.09. The van der Waals surface area contributed by atoms with Gasteiger partial charge in [0.1, 0.15) is 11.3 Å². The van der Waals surface area contributed by atoms with E-state index in [-0.39, 0.29) is 23.8 Å². The molecule has 0 radical (unpaired) electrons. The van der Waals surface area contributed by atoms with E-state index in [1.165, 1.54) is 12.1 Å². The number of benzene rings is 2. The average molecular weight is 398 g/mol. The lowest BCUT2D eigenvalue weighted by Crippen LogP contribution is -2.36. The molecule has 9 heteroatoms. The molecule has 0 saturated heterocycles. The lowest BCUT2D eigenvalue weighted by molar-refractivity contribution is 0.0943. The predicted octanol–water partition coefficient (Wildman–Crippen LogP) is 2.21. The molecule has 0 spiro atoms. The average Bonchev–Trinajstić information content (AvgIpc) is 3.09. The first-order chi connectivity index (χ1) is 13.9. The van der Waals surface area contributed by atoms with E-state index in [9.17, 15) is 14.0 Å². The SMILES string of the molecule is CC(C)NC(=O)c1ccc2c(c1)nnn2CCNC(=O)NCc1ccc(F)cc1. The van der Waals surface area contributed by atoms with Crippen LogP contribution in [-0.2, 0) is 13.1 Å². The molecular weight excluding hydrogens is 375 g/mol. The Morgan fingerprint density at radius 1 is 1.10 bits per heavy atom. The van der Waals surface area contributed by atoms with E-state index in [2.05, 4.69) is 26.3 Å². The zero-order valence-electron chi connectivity index (χ0n) is 16.3. The van der Waals surface area contributed by atoms with Gasteiger partial charge in [-0.05, 0) is 49.7 Å². The van der Waals surface area contributed by atoms with E-state index in [4.69, 9.17) is 0 Å². The minimum Gasteiger partial charge on any atom is -0.350 e. The Balaban J connectivity index is 1.50. The largest absolute Gasteiger partial charge is 0.350 e. The Morgan fingerprint density at radius 3 is 2.59 bits per heavy atom. The number of halogens is 1. The molecule has 0 aliphatic heterocycles. The van der Waals surface area contributed by atoms with Gasteiger partial charge in [-0.15, -0.1) is 5.10 Å². The van der Waals surface area contributed by atoms with Gasteiger partial charge in [-0.1, -0.05) is 17.3 Å². The lowest BCUT2D eigenvalue weighted by atomic mass is 10.2. The number of rotatable bonds is 7. The van der Waals surface area contributed by atoms with Crippen LogP contribution in [0.3, 0.4) is 0 Å². The summed E-state index contributed by atoms with van der Waals surface area (Å²) in [5, 5.41) is 16.5. The molecule has 3 aromatic rings. The fourth-order valence-corrected chi connectivity index (χ4v) is 2.75. The van der Waals surface area contributed by atoms with E-state index in [1.54, 1.807) is 35.0 Å². The molecule has 3 N–H and O–H groups in total. The number of fused-ring (bicyclic) bond motifs is 1. The van der Waals surface area contributed by atoms with Crippen molar-refractivity contribution in [2.75, 3.05) is 6.54 Å². The van der Waals surface area contributed by atoms with E-state index < -0.39 is 0 Å². The molecule has 3 rings (SSSR count). The maximum Gasteiger partial charge on any atom is 0.315 e. The normalized spacial score (nSPS) is 10.9. The molecule has 3 amide bonds. The Bertz CT molecular complexity index is 1000. The van der Waals surface area contributed by atoms with Crippen LogP contribution in [0, 0.1) is 5.82 Å². The number of carbonyl (C=O) groups excluding carboxylic acids is 2. The molecule has 0 saturated carbocycles. The van der Waals surface area contributed by atoms with Gasteiger partial charge < -0.3 is 16.0 Å². The minimum absolute atomic E-state index is 0.0501. The first kappa shape index (κ1) is 20.2. The van der Waals surface area contributed by atoms with Crippen LogP contribution in [-0.4, -0.2) is 39.5 Å². The molecule has 1 heterocycles. The Kier molecular flexibility index (Phi) is 6.38. The van der Waals surface area contributed by atoms with Crippen molar-refractivity contribution in [1.29, 1.82) is 0 Å². The standard InChI is InChI=1S/C20H23FN6O2/c1-13(2)24-19(28)15-5-8-18-17(11-15)25-26-27(18)10-9-22-20(29)23-12-14-3-6-16(21)7-4-14/h3-8,11,13H,9-10,12H2,1-2H3,(H,24,28)(H2,22,23,29). The highest BCUT2D eigenvalue weighted by atomic mass is 19.1. The summed E-state index contributed by atoms with van der Waals surface area (Å²) in [6, 6.07) is 10.9. The molecule has 0 aliphatic carbocycles. The zero-order valence-corrected chi connectivity index (χ0v) is 16.3. The summed E-state index contributed by atoms with van der Waals surface area (Å²) in [5.41, 5.74) is 2.72. The second-order valence-corrected chi connectivity index (χ2v) is 6.88. The molecule has 0 unspecified atom stereocenters. The summed E-state index contributed by atoms with van der Waals surface area (Å²) in [6.07, 6.45) is 0. The van der Waals surface area contributed by atoms with Crippen LogP contribution < -0.4 is 16.0 Å². The quantitative estimate of drug-likeness (QED) is 0.568. The topological polar surface area (TPSA) is 101 Å². The first-order valence-electron chi connectivity index (χ1n) is 9.32. The third kappa shape index (κ3) is 5.50. The summed E-state index contributed by atoms with van der Waals surface area (Å²) < 4.78 is 14.5. The predicted molar refractivity (Wildman–Crippen MR) is 107 cm³/mol. The van der Waals surface area contributed by atoms with E-state index >= 15 is 0 Å². The van der Waals surface area contributed by atoms with Crippen LogP contribution >= 0.6 is 0 Å². The highest BCUT2D eigenvalue weighted by Gasteiger charge is 2.11.